The van der Waals surface area contributed by atoms with E-state index in [1.807, 2.05) is 6.07 Å². The average molecular weight is 323 g/mol. The molecule has 0 unspecified atom stereocenters. The molecule has 19 heavy (non-hydrogen) atoms. The number of rotatable bonds is 5. The summed E-state index contributed by atoms with van der Waals surface area (Å²) in [5, 5.41) is 0. The van der Waals surface area contributed by atoms with Gasteiger partial charge < -0.3 is 4.74 Å². The van der Waals surface area contributed by atoms with Gasteiger partial charge in [-0.25, -0.2) is 0 Å². The molecule has 3 heteroatoms. The molecule has 102 valence electrons. The Morgan fingerprint density at radius 3 is 2.79 bits per heavy atom. The molecule has 2 rings (SSSR count). The molecule has 0 aromatic heterocycles. The number of ether oxygens (including phenoxy) is 1. The van der Waals surface area contributed by atoms with Crippen LogP contribution in [0.5, 0.6) is 5.75 Å². The van der Waals surface area contributed by atoms with Crippen molar-refractivity contribution in [2.75, 3.05) is 6.61 Å². The van der Waals surface area contributed by atoms with Gasteiger partial charge in [-0.1, -0.05) is 35.4 Å². The Bertz CT molecular complexity index is 512. The number of hydrogen-bond acceptors (Lipinski definition) is 2. The number of allylic oxidation sites excluding steroid dienone is 2. The molecule has 1 heterocycles. The molecular formula is C16H19BrO2. The normalized spacial score (nSPS) is 12.8. The highest BCUT2D eigenvalue weighted by Gasteiger charge is 2.18. The largest absolute Gasteiger partial charge is 0.493 e. The van der Waals surface area contributed by atoms with Crippen molar-refractivity contribution in [1.29, 1.82) is 0 Å². The molecule has 0 aliphatic carbocycles. The maximum Gasteiger partial charge on any atom is 0.160 e. The molecule has 0 atom stereocenters. The van der Waals surface area contributed by atoms with E-state index < -0.39 is 0 Å². The van der Waals surface area contributed by atoms with E-state index in [1.165, 1.54) is 11.1 Å². The minimum atomic E-state index is 0.162. The zero-order valence-corrected chi connectivity index (χ0v) is 13.0. The summed E-state index contributed by atoms with van der Waals surface area (Å²) in [6.45, 7) is 4.89. The first-order valence-electron chi connectivity index (χ1n) is 6.80. The van der Waals surface area contributed by atoms with Crippen molar-refractivity contribution in [3.05, 3.63) is 39.4 Å². The predicted molar refractivity (Wildman–Crippen MR) is 80.7 cm³/mol. The lowest BCUT2D eigenvalue weighted by atomic mass is 10.0. The third-order valence-electron chi connectivity index (χ3n) is 3.46. The second kappa shape index (κ2) is 6.38. The molecule has 1 aromatic carbocycles. The summed E-state index contributed by atoms with van der Waals surface area (Å²) in [4.78, 5) is 12.1. The smallest absolute Gasteiger partial charge is 0.160 e. The summed E-state index contributed by atoms with van der Waals surface area (Å²) in [5.41, 5.74) is 3.40. The molecule has 0 saturated carbocycles. The van der Waals surface area contributed by atoms with Gasteiger partial charge in [-0.05, 0) is 36.6 Å². The summed E-state index contributed by atoms with van der Waals surface area (Å²) in [6.07, 6.45) is 5.03. The lowest BCUT2D eigenvalue weighted by Crippen LogP contribution is -2.02. The molecule has 0 spiro atoms. The van der Waals surface area contributed by atoms with Crippen molar-refractivity contribution >= 4 is 21.7 Å². The number of carbonyl (C=O) groups is 1. The number of carbonyl (C=O) groups excluding carboxylic acids is 1. The minimum Gasteiger partial charge on any atom is -0.493 e. The zero-order chi connectivity index (χ0) is 13.8. The molecule has 2 nitrogen and oxygen atoms in total. The van der Waals surface area contributed by atoms with Gasteiger partial charge in [0.25, 0.3) is 0 Å². The Kier molecular flexibility index (Phi) is 4.81. The van der Waals surface area contributed by atoms with Gasteiger partial charge in [0, 0.05) is 22.9 Å². The minimum absolute atomic E-state index is 0.162. The number of halogens is 1. The zero-order valence-electron chi connectivity index (χ0n) is 11.5. The molecule has 0 bridgehead atoms. The Morgan fingerprint density at radius 2 is 2.11 bits per heavy atom. The van der Waals surface area contributed by atoms with Crippen molar-refractivity contribution < 1.29 is 9.53 Å². The predicted octanol–water partition coefficient (Wildman–Crippen LogP) is 4.24. The summed E-state index contributed by atoms with van der Waals surface area (Å²) in [6, 6.07) is 4.07. The maximum absolute atomic E-state index is 12.1. The highest BCUT2D eigenvalue weighted by molar-refractivity contribution is 9.10. The van der Waals surface area contributed by atoms with Gasteiger partial charge in [0.15, 0.2) is 5.78 Å². The molecule has 1 aliphatic rings. The van der Waals surface area contributed by atoms with Crippen LogP contribution in [0.4, 0.5) is 0 Å². The Labute approximate surface area is 123 Å². The van der Waals surface area contributed by atoms with E-state index in [1.54, 1.807) is 6.08 Å². The third-order valence-corrected chi connectivity index (χ3v) is 3.92. The molecular weight excluding hydrogens is 304 g/mol. The highest BCUT2D eigenvalue weighted by Crippen LogP contribution is 2.33. The Balaban J connectivity index is 2.20. The van der Waals surface area contributed by atoms with Gasteiger partial charge >= 0.3 is 0 Å². The lowest BCUT2D eigenvalue weighted by molar-refractivity contribution is -0.114. The van der Waals surface area contributed by atoms with Crippen LogP contribution in [-0.4, -0.2) is 12.4 Å². The quantitative estimate of drug-likeness (QED) is 0.758. The van der Waals surface area contributed by atoms with E-state index in [0.717, 1.165) is 41.7 Å². The molecule has 0 amide bonds. The van der Waals surface area contributed by atoms with E-state index >= 15 is 0 Å². The SMILES string of the molecule is CCC(=CC(=O)Cc1cc(Br)cc2c1OCC2)CC. The van der Waals surface area contributed by atoms with Crippen LogP contribution in [0.25, 0.3) is 0 Å². The third kappa shape index (κ3) is 3.47. The van der Waals surface area contributed by atoms with Gasteiger partial charge in [-0.3, -0.25) is 4.79 Å². The first-order chi connectivity index (χ1) is 9.13. The number of fused-ring (bicyclic) bond motifs is 1. The van der Waals surface area contributed by atoms with Gasteiger partial charge in [0.1, 0.15) is 5.75 Å². The fraction of sp³-hybridized carbons (Fsp3) is 0.438. The van der Waals surface area contributed by atoms with E-state index in [0.29, 0.717) is 6.42 Å². The monoisotopic (exact) mass is 322 g/mol. The first-order valence-corrected chi connectivity index (χ1v) is 7.59. The number of ketones is 1. The standard InChI is InChI=1S/C16H19BrO2/c1-3-11(4-2)7-15(18)10-13-9-14(17)8-12-5-6-19-16(12)13/h7-9H,3-6,10H2,1-2H3. The van der Waals surface area contributed by atoms with Crippen LogP contribution < -0.4 is 4.74 Å². The van der Waals surface area contributed by atoms with Gasteiger partial charge in [-0.15, -0.1) is 0 Å². The van der Waals surface area contributed by atoms with Gasteiger partial charge in [0.05, 0.1) is 6.61 Å². The second-order valence-electron chi connectivity index (χ2n) is 4.80. The van der Waals surface area contributed by atoms with Crippen molar-refractivity contribution in [1.82, 2.24) is 0 Å². The van der Waals surface area contributed by atoms with Crippen LogP contribution in [0, 0.1) is 0 Å². The summed E-state index contributed by atoms with van der Waals surface area (Å²) < 4.78 is 6.67. The van der Waals surface area contributed by atoms with E-state index in [9.17, 15) is 4.79 Å². The van der Waals surface area contributed by atoms with Crippen LogP contribution in [0.2, 0.25) is 0 Å². The summed E-state index contributed by atoms with van der Waals surface area (Å²) in [5.74, 6) is 1.08. The molecule has 0 radical (unpaired) electrons. The van der Waals surface area contributed by atoms with Crippen LogP contribution >= 0.6 is 15.9 Å². The maximum atomic E-state index is 12.1. The van der Waals surface area contributed by atoms with E-state index in [2.05, 4.69) is 35.8 Å². The Morgan fingerprint density at radius 1 is 1.37 bits per heavy atom. The van der Waals surface area contributed by atoms with Crippen molar-refractivity contribution in [2.45, 2.75) is 39.5 Å². The number of hydrogen-bond donors (Lipinski definition) is 0. The van der Waals surface area contributed by atoms with Crippen LogP contribution in [-0.2, 0) is 17.6 Å². The van der Waals surface area contributed by atoms with Crippen LogP contribution in [0.3, 0.4) is 0 Å². The second-order valence-corrected chi connectivity index (χ2v) is 5.72. The van der Waals surface area contributed by atoms with Gasteiger partial charge in [0.2, 0.25) is 0 Å². The lowest BCUT2D eigenvalue weighted by Gasteiger charge is -2.08. The summed E-state index contributed by atoms with van der Waals surface area (Å²) in [7, 11) is 0. The van der Waals surface area contributed by atoms with Crippen LogP contribution in [0.15, 0.2) is 28.3 Å². The molecule has 0 saturated heterocycles. The summed E-state index contributed by atoms with van der Waals surface area (Å²) >= 11 is 3.50. The molecule has 1 aromatic rings. The van der Waals surface area contributed by atoms with E-state index in [-0.39, 0.29) is 5.78 Å². The highest BCUT2D eigenvalue weighted by atomic mass is 79.9. The topological polar surface area (TPSA) is 26.3 Å². The van der Waals surface area contributed by atoms with Crippen LogP contribution in [0.1, 0.15) is 37.8 Å². The molecule has 0 N–H and O–H groups in total. The van der Waals surface area contributed by atoms with E-state index in [4.69, 9.17) is 4.74 Å². The average Bonchev–Trinajstić information content (AvgIpc) is 2.84. The van der Waals surface area contributed by atoms with Gasteiger partial charge in [-0.2, -0.15) is 0 Å². The molecule has 0 fully saturated rings. The molecule has 1 aliphatic heterocycles. The fourth-order valence-corrected chi connectivity index (χ4v) is 2.95. The van der Waals surface area contributed by atoms with Crippen molar-refractivity contribution in [3.8, 4) is 5.75 Å². The fourth-order valence-electron chi connectivity index (χ4n) is 2.40. The number of benzene rings is 1. The first kappa shape index (κ1) is 14.3. The van der Waals surface area contributed by atoms with Crippen molar-refractivity contribution in [3.63, 3.8) is 0 Å². The van der Waals surface area contributed by atoms with Crippen molar-refractivity contribution in [2.24, 2.45) is 0 Å². The Hall–Kier alpha value is -1.09.